The molecule has 0 bridgehead atoms. The zero-order valence-corrected chi connectivity index (χ0v) is 20.7. The van der Waals surface area contributed by atoms with Gasteiger partial charge in [-0.05, 0) is 65.0 Å². The lowest BCUT2D eigenvalue weighted by Crippen LogP contribution is -2.11. The van der Waals surface area contributed by atoms with Crippen molar-refractivity contribution < 1.29 is 4.42 Å². The van der Waals surface area contributed by atoms with Crippen LogP contribution >= 0.6 is 11.6 Å². The van der Waals surface area contributed by atoms with Crippen LogP contribution in [-0.4, -0.2) is 0 Å². The van der Waals surface area contributed by atoms with Crippen LogP contribution in [0, 0.1) is 0 Å². The molecule has 37 heavy (non-hydrogen) atoms. The molecular weight excluding hydrogens is 474 g/mol. The zero-order valence-electron chi connectivity index (χ0n) is 19.9. The molecule has 0 saturated carbocycles. The Morgan fingerprint density at radius 3 is 1.97 bits per heavy atom. The Labute approximate surface area is 220 Å². The van der Waals surface area contributed by atoms with E-state index < -0.39 is 0 Å². The van der Waals surface area contributed by atoms with Crippen molar-refractivity contribution in [2.75, 3.05) is 4.90 Å². The maximum absolute atomic E-state index is 6.25. The first kappa shape index (κ1) is 21.7. The van der Waals surface area contributed by atoms with Crippen molar-refractivity contribution >= 4 is 61.4 Å². The van der Waals surface area contributed by atoms with Crippen LogP contribution in [0.5, 0.6) is 0 Å². The van der Waals surface area contributed by atoms with Gasteiger partial charge in [0, 0.05) is 21.5 Å². The average Bonchev–Trinajstić information content (AvgIpc) is 3.34. The molecular formula is C34H22ClNO. The Balaban J connectivity index is 1.54. The van der Waals surface area contributed by atoms with Gasteiger partial charge in [0.15, 0.2) is 0 Å². The van der Waals surface area contributed by atoms with Crippen LogP contribution in [0.3, 0.4) is 0 Å². The molecule has 6 aromatic carbocycles. The SMILES string of the molecule is Clc1ccc(-c2ccc(N(c3ccccc3)c3cccc4oc5ccccc5c34)c3ccccc23)cc1. The summed E-state index contributed by atoms with van der Waals surface area (Å²) in [5.41, 5.74) is 7.36. The quantitative estimate of drug-likeness (QED) is 0.241. The highest BCUT2D eigenvalue weighted by atomic mass is 35.5. The second kappa shape index (κ2) is 8.85. The highest BCUT2D eigenvalue weighted by molar-refractivity contribution is 6.30. The minimum Gasteiger partial charge on any atom is -0.456 e. The maximum Gasteiger partial charge on any atom is 0.137 e. The Kier molecular flexibility index (Phi) is 5.20. The number of halogens is 1. The van der Waals surface area contributed by atoms with Gasteiger partial charge in [-0.2, -0.15) is 0 Å². The molecule has 7 aromatic rings. The third-order valence-electron chi connectivity index (χ3n) is 6.93. The fourth-order valence-electron chi connectivity index (χ4n) is 5.29. The number of benzene rings is 6. The van der Waals surface area contributed by atoms with Crippen molar-refractivity contribution in [3.63, 3.8) is 0 Å². The fourth-order valence-corrected chi connectivity index (χ4v) is 5.41. The molecule has 0 aliphatic rings. The van der Waals surface area contributed by atoms with E-state index >= 15 is 0 Å². The van der Waals surface area contributed by atoms with Gasteiger partial charge in [-0.3, -0.25) is 0 Å². The molecule has 2 nitrogen and oxygen atoms in total. The number of anilines is 3. The van der Waals surface area contributed by atoms with Crippen LogP contribution in [0.25, 0.3) is 43.8 Å². The molecule has 0 fully saturated rings. The van der Waals surface area contributed by atoms with Crippen molar-refractivity contribution in [2.24, 2.45) is 0 Å². The number of hydrogen-bond donors (Lipinski definition) is 0. The average molecular weight is 496 g/mol. The molecule has 1 heterocycles. The highest BCUT2D eigenvalue weighted by Crippen LogP contribution is 2.46. The van der Waals surface area contributed by atoms with Gasteiger partial charge in [-0.15, -0.1) is 0 Å². The molecule has 0 atom stereocenters. The summed E-state index contributed by atoms with van der Waals surface area (Å²) in [6.45, 7) is 0. The second-order valence-electron chi connectivity index (χ2n) is 9.10. The van der Waals surface area contributed by atoms with E-state index in [1.807, 2.05) is 30.3 Å². The molecule has 0 saturated heterocycles. The standard InChI is InChI=1S/C34H22ClNO/c35-24-19-17-23(18-20-24)26-21-22-30(28-12-5-4-11-27(26)28)36(25-9-2-1-3-10-25)31-14-8-16-33-34(31)29-13-6-7-15-32(29)37-33/h1-22H. The van der Waals surface area contributed by atoms with Crippen LogP contribution in [0.15, 0.2) is 138 Å². The van der Waals surface area contributed by atoms with Gasteiger partial charge < -0.3 is 9.32 Å². The number of hydrogen-bond acceptors (Lipinski definition) is 2. The third kappa shape index (κ3) is 3.66. The summed E-state index contributed by atoms with van der Waals surface area (Å²) in [6, 6.07) is 46.2. The summed E-state index contributed by atoms with van der Waals surface area (Å²) < 4.78 is 6.25. The van der Waals surface area contributed by atoms with Crippen LogP contribution in [0.1, 0.15) is 0 Å². The summed E-state index contributed by atoms with van der Waals surface area (Å²) in [7, 11) is 0. The first-order valence-electron chi connectivity index (χ1n) is 12.3. The van der Waals surface area contributed by atoms with E-state index in [4.69, 9.17) is 16.0 Å². The van der Waals surface area contributed by atoms with Crippen LogP contribution in [0.2, 0.25) is 5.02 Å². The second-order valence-corrected chi connectivity index (χ2v) is 9.54. The van der Waals surface area contributed by atoms with E-state index in [1.54, 1.807) is 0 Å². The number of furan rings is 1. The van der Waals surface area contributed by atoms with Gasteiger partial charge in [0.1, 0.15) is 11.2 Å². The van der Waals surface area contributed by atoms with Crippen LogP contribution in [0.4, 0.5) is 17.1 Å². The lowest BCUT2D eigenvalue weighted by molar-refractivity contribution is 0.669. The smallest absolute Gasteiger partial charge is 0.137 e. The van der Waals surface area contributed by atoms with Crippen molar-refractivity contribution in [2.45, 2.75) is 0 Å². The van der Waals surface area contributed by atoms with E-state index in [2.05, 4.69) is 108 Å². The predicted octanol–water partition coefficient (Wildman–Crippen LogP) is 10.5. The molecule has 0 N–H and O–H groups in total. The minimum absolute atomic E-state index is 0.736. The molecule has 0 amide bonds. The summed E-state index contributed by atoms with van der Waals surface area (Å²) in [4.78, 5) is 2.35. The van der Waals surface area contributed by atoms with Gasteiger partial charge in [-0.25, -0.2) is 0 Å². The first-order valence-corrected chi connectivity index (χ1v) is 12.7. The van der Waals surface area contributed by atoms with Crippen LogP contribution < -0.4 is 4.90 Å². The zero-order chi connectivity index (χ0) is 24.8. The number of nitrogens with zero attached hydrogens (tertiary/aromatic N) is 1. The molecule has 0 aliphatic heterocycles. The largest absolute Gasteiger partial charge is 0.456 e. The summed E-state index contributed by atoms with van der Waals surface area (Å²) in [5.74, 6) is 0. The molecule has 0 aliphatic carbocycles. The van der Waals surface area contributed by atoms with E-state index in [0.29, 0.717) is 0 Å². The van der Waals surface area contributed by atoms with Crippen molar-refractivity contribution in [3.8, 4) is 11.1 Å². The number of rotatable bonds is 4. The van der Waals surface area contributed by atoms with E-state index in [-0.39, 0.29) is 0 Å². The Hall–Kier alpha value is -4.53. The van der Waals surface area contributed by atoms with E-state index in [1.165, 1.54) is 16.3 Å². The molecule has 0 unspecified atom stereocenters. The molecule has 0 spiro atoms. The molecule has 3 heteroatoms. The Morgan fingerprint density at radius 2 is 1.16 bits per heavy atom. The summed E-state index contributed by atoms with van der Waals surface area (Å²) in [6.07, 6.45) is 0. The molecule has 1 aromatic heterocycles. The van der Waals surface area contributed by atoms with Gasteiger partial charge in [0.05, 0.1) is 16.8 Å². The van der Waals surface area contributed by atoms with Gasteiger partial charge in [-0.1, -0.05) is 96.5 Å². The Bertz CT molecular complexity index is 1890. The first-order chi connectivity index (χ1) is 18.3. The van der Waals surface area contributed by atoms with Gasteiger partial charge in [0.2, 0.25) is 0 Å². The third-order valence-corrected chi connectivity index (χ3v) is 7.19. The van der Waals surface area contributed by atoms with Crippen LogP contribution in [-0.2, 0) is 0 Å². The van der Waals surface area contributed by atoms with E-state index in [0.717, 1.165) is 49.6 Å². The lowest BCUT2D eigenvalue weighted by atomic mass is 9.96. The fraction of sp³-hybridized carbons (Fsp3) is 0. The van der Waals surface area contributed by atoms with Gasteiger partial charge >= 0.3 is 0 Å². The molecule has 0 radical (unpaired) electrons. The lowest BCUT2D eigenvalue weighted by Gasteiger charge is -2.28. The van der Waals surface area contributed by atoms with E-state index in [9.17, 15) is 0 Å². The summed E-state index contributed by atoms with van der Waals surface area (Å²) >= 11 is 6.19. The summed E-state index contributed by atoms with van der Waals surface area (Å²) in [5, 5.41) is 5.31. The van der Waals surface area contributed by atoms with Gasteiger partial charge in [0.25, 0.3) is 0 Å². The van der Waals surface area contributed by atoms with Crippen molar-refractivity contribution in [1.82, 2.24) is 0 Å². The van der Waals surface area contributed by atoms with Crippen molar-refractivity contribution in [3.05, 3.63) is 138 Å². The molecule has 176 valence electrons. The monoisotopic (exact) mass is 495 g/mol. The number of para-hydroxylation sites is 2. The predicted molar refractivity (Wildman–Crippen MR) is 156 cm³/mol. The minimum atomic E-state index is 0.736. The number of fused-ring (bicyclic) bond motifs is 4. The van der Waals surface area contributed by atoms with Crippen molar-refractivity contribution in [1.29, 1.82) is 0 Å². The molecule has 7 rings (SSSR count). The maximum atomic E-state index is 6.25. The normalized spacial score (nSPS) is 11.4. The Morgan fingerprint density at radius 1 is 0.486 bits per heavy atom. The topological polar surface area (TPSA) is 16.4 Å². The highest BCUT2D eigenvalue weighted by Gasteiger charge is 2.21.